The van der Waals surface area contributed by atoms with E-state index < -0.39 is 0 Å². The molecule has 0 aliphatic carbocycles. The molecule has 2 heterocycles. The second-order valence-electron chi connectivity index (χ2n) is 5.84. The number of hydrogen-bond donors (Lipinski definition) is 1. The standard InChI is InChI=1S/C16H27N3OS/c1-2-5-14(17)12-16(20)19-8-4-7-18(9-10-19)13-15-6-3-11-21-15/h3,6,11,14H,2,4-5,7-10,12-13,17H2,1H3. The Bertz CT molecular complexity index is 421. The van der Waals surface area contributed by atoms with Crippen LogP contribution in [0.3, 0.4) is 0 Å². The molecule has 1 aliphatic heterocycles. The van der Waals surface area contributed by atoms with E-state index in [9.17, 15) is 4.79 Å². The van der Waals surface area contributed by atoms with E-state index in [1.165, 1.54) is 4.88 Å². The van der Waals surface area contributed by atoms with Crippen molar-refractivity contribution in [2.24, 2.45) is 5.73 Å². The first-order chi connectivity index (χ1) is 10.2. The minimum Gasteiger partial charge on any atom is -0.341 e. The maximum atomic E-state index is 12.3. The van der Waals surface area contributed by atoms with Gasteiger partial charge in [0.05, 0.1) is 0 Å². The summed E-state index contributed by atoms with van der Waals surface area (Å²) in [6.07, 6.45) is 3.53. The third kappa shape index (κ3) is 5.41. The minimum atomic E-state index is 0.0213. The van der Waals surface area contributed by atoms with E-state index in [2.05, 4.69) is 29.3 Å². The Hall–Kier alpha value is -0.910. The molecule has 1 aromatic rings. The molecule has 0 radical (unpaired) electrons. The highest BCUT2D eigenvalue weighted by atomic mass is 32.1. The van der Waals surface area contributed by atoms with Gasteiger partial charge in [-0.15, -0.1) is 11.3 Å². The van der Waals surface area contributed by atoms with Crippen molar-refractivity contribution in [3.8, 4) is 0 Å². The van der Waals surface area contributed by atoms with Gasteiger partial charge in [0.25, 0.3) is 0 Å². The molecule has 21 heavy (non-hydrogen) atoms. The number of amides is 1. The maximum absolute atomic E-state index is 12.3. The molecule has 1 fully saturated rings. The fraction of sp³-hybridized carbons (Fsp3) is 0.688. The van der Waals surface area contributed by atoms with Gasteiger partial charge < -0.3 is 10.6 Å². The molecule has 5 heteroatoms. The molecule has 4 nitrogen and oxygen atoms in total. The van der Waals surface area contributed by atoms with Crippen molar-refractivity contribution >= 4 is 17.2 Å². The summed E-state index contributed by atoms with van der Waals surface area (Å²) in [7, 11) is 0. The normalized spacial score (nSPS) is 18.5. The van der Waals surface area contributed by atoms with Crippen LogP contribution in [-0.2, 0) is 11.3 Å². The monoisotopic (exact) mass is 309 g/mol. The molecule has 1 atom stereocenters. The highest BCUT2D eigenvalue weighted by Crippen LogP contribution is 2.14. The summed E-state index contributed by atoms with van der Waals surface area (Å²) in [5.74, 6) is 0.230. The van der Waals surface area contributed by atoms with Crippen molar-refractivity contribution in [3.63, 3.8) is 0 Å². The quantitative estimate of drug-likeness (QED) is 0.877. The van der Waals surface area contributed by atoms with Gasteiger partial charge in [0.15, 0.2) is 0 Å². The van der Waals surface area contributed by atoms with Gasteiger partial charge in [-0.1, -0.05) is 19.4 Å². The van der Waals surface area contributed by atoms with Gasteiger partial charge in [-0.2, -0.15) is 0 Å². The van der Waals surface area contributed by atoms with Crippen LogP contribution in [0.1, 0.15) is 37.5 Å². The van der Waals surface area contributed by atoms with Crippen molar-refractivity contribution < 1.29 is 4.79 Å². The Balaban J connectivity index is 1.78. The second-order valence-corrected chi connectivity index (χ2v) is 6.87. The lowest BCUT2D eigenvalue weighted by molar-refractivity contribution is -0.131. The minimum absolute atomic E-state index is 0.0213. The Morgan fingerprint density at radius 2 is 2.24 bits per heavy atom. The summed E-state index contributed by atoms with van der Waals surface area (Å²) in [5, 5.41) is 2.12. The third-order valence-electron chi connectivity index (χ3n) is 4.00. The maximum Gasteiger partial charge on any atom is 0.224 e. The van der Waals surface area contributed by atoms with Gasteiger partial charge in [0.2, 0.25) is 5.91 Å². The molecule has 1 saturated heterocycles. The van der Waals surface area contributed by atoms with Crippen LogP contribution >= 0.6 is 11.3 Å². The molecule has 1 aromatic heterocycles. The average Bonchev–Trinajstić information content (AvgIpc) is 2.83. The Kier molecular flexibility index (Phi) is 6.67. The van der Waals surface area contributed by atoms with Gasteiger partial charge in [-0.3, -0.25) is 9.69 Å². The molecular weight excluding hydrogens is 282 g/mol. The van der Waals surface area contributed by atoms with E-state index in [-0.39, 0.29) is 11.9 Å². The molecule has 118 valence electrons. The fourth-order valence-corrected chi connectivity index (χ4v) is 3.57. The van der Waals surface area contributed by atoms with E-state index in [1.807, 2.05) is 4.90 Å². The number of carbonyl (C=O) groups is 1. The van der Waals surface area contributed by atoms with E-state index in [0.29, 0.717) is 6.42 Å². The van der Waals surface area contributed by atoms with Crippen LogP contribution in [0.5, 0.6) is 0 Å². The molecule has 1 amide bonds. The molecule has 1 aliphatic rings. The number of carbonyl (C=O) groups excluding carboxylic acids is 1. The first-order valence-corrected chi connectivity index (χ1v) is 8.85. The van der Waals surface area contributed by atoms with Gasteiger partial charge in [0.1, 0.15) is 0 Å². The third-order valence-corrected chi connectivity index (χ3v) is 4.86. The van der Waals surface area contributed by atoms with E-state index >= 15 is 0 Å². The van der Waals surface area contributed by atoms with Crippen LogP contribution < -0.4 is 5.73 Å². The van der Waals surface area contributed by atoms with Crippen LogP contribution in [0.15, 0.2) is 17.5 Å². The van der Waals surface area contributed by atoms with Crippen molar-refractivity contribution in [2.45, 2.75) is 45.2 Å². The Morgan fingerprint density at radius 3 is 2.95 bits per heavy atom. The molecule has 0 bridgehead atoms. The number of rotatable bonds is 6. The predicted octanol–water partition coefficient (Wildman–Crippen LogP) is 2.30. The smallest absolute Gasteiger partial charge is 0.224 e. The first kappa shape index (κ1) is 16.5. The molecule has 0 saturated carbocycles. The predicted molar refractivity (Wildman–Crippen MR) is 88.3 cm³/mol. The van der Waals surface area contributed by atoms with Gasteiger partial charge in [-0.25, -0.2) is 0 Å². The zero-order valence-corrected chi connectivity index (χ0v) is 13.8. The lowest BCUT2D eigenvalue weighted by Gasteiger charge is -2.23. The molecule has 0 spiro atoms. The van der Waals surface area contributed by atoms with Crippen LogP contribution in [0.2, 0.25) is 0 Å². The number of hydrogen-bond acceptors (Lipinski definition) is 4. The van der Waals surface area contributed by atoms with Crippen molar-refractivity contribution in [3.05, 3.63) is 22.4 Å². The van der Waals surface area contributed by atoms with E-state index in [4.69, 9.17) is 5.73 Å². The molecule has 2 rings (SSSR count). The summed E-state index contributed by atoms with van der Waals surface area (Å²) in [6.45, 7) is 6.87. The Morgan fingerprint density at radius 1 is 1.38 bits per heavy atom. The highest BCUT2D eigenvalue weighted by molar-refractivity contribution is 7.09. The van der Waals surface area contributed by atoms with Gasteiger partial charge >= 0.3 is 0 Å². The number of nitrogens with zero attached hydrogens (tertiary/aromatic N) is 2. The van der Waals surface area contributed by atoms with E-state index in [0.717, 1.165) is 52.0 Å². The zero-order chi connectivity index (χ0) is 15.1. The van der Waals surface area contributed by atoms with E-state index in [1.54, 1.807) is 11.3 Å². The molecule has 1 unspecified atom stereocenters. The summed E-state index contributed by atoms with van der Waals surface area (Å²) >= 11 is 1.81. The van der Waals surface area contributed by atoms with Gasteiger partial charge in [-0.05, 0) is 24.3 Å². The fourth-order valence-electron chi connectivity index (χ4n) is 2.83. The first-order valence-electron chi connectivity index (χ1n) is 7.97. The van der Waals surface area contributed by atoms with Crippen molar-refractivity contribution in [1.82, 2.24) is 9.80 Å². The number of thiophene rings is 1. The van der Waals surface area contributed by atoms with Crippen LogP contribution in [0.4, 0.5) is 0 Å². The van der Waals surface area contributed by atoms with Crippen molar-refractivity contribution in [1.29, 1.82) is 0 Å². The summed E-state index contributed by atoms with van der Waals surface area (Å²) in [6, 6.07) is 4.30. The largest absolute Gasteiger partial charge is 0.341 e. The summed E-state index contributed by atoms with van der Waals surface area (Å²) < 4.78 is 0. The van der Waals surface area contributed by atoms with Crippen LogP contribution in [0.25, 0.3) is 0 Å². The molecule has 0 aromatic carbocycles. The van der Waals surface area contributed by atoms with Gasteiger partial charge in [0, 0.05) is 50.1 Å². The lowest BCUT2D eigenvalue weighted by Crippen LogP contribution is -2.38. The van der Waals surface area contributed by atoms with Crippen molar-refractivity contribution in [2.75, 3.05) is 26.2 Å². The SMILES string of the molecule is CCCC(N)CC(=O)N1CCCN(Cc2cccs2)CC1. The Labute approximate surface area is 131 Å². The van der Waals surface area contributed by atoms with Crippen LogP contribution in [0, 0.1) is 0 Å². The zero-order valence-electron chi connectivity index (χ0n) is 13.0. The summed E-state index contributed by atoms with van der Waals surface area (Å²) in [5.41, 5.74) is 5.99. The topological polar surface area (TPSA) is 49.6 Å². The average molecular weight is 309 g/mol. The highest BCUT2D eigenvalue weighted by Gasteiger charge is 2.20. The van der Waals surface area contributed by atoms with Crippen LogP contribution in [-0.4, -0.2) is 47.9 Å². The molecule has 2 N–H and O–H groups in total. The summed E-state index contributed by atoms with van der Waals surface area (Å²) in [4.78, 5) is 18.1. The molecular formula is C16H27N3OS. The number of nitrogens with two attached hydrogens (primary N) is 1. The lowest BCUT2D eigenvalue weighted by atomic mass is 10.1. The second kappa shape index (κ2) is 8.51.